The summed E-state index contributed by atoms with van der Waals surface area (Å²) in [5, 5.41) is 0. The molecule has 0 aliphatic heterocycles. The van der Waals surface area contributed by atoms with Crippen LogP contribution in [-0.4, -0.2) is 25.5 Å². The third kappa shape index (κ3) is 6.24. The Bertz CT molecular complexity index is 660. The van der Waals surface area contributed by atoms with E-state index in [4.69, 9.17) is 4.74 Å². The summed E-state index contributed by atoms with van der Waals surface area (Å²) >= 11 is 0. The van der Waals surface area contributed by atoms with Crippen LogP contribution in [0.15, 0.2) is 48.5 Å². The summed E-state index contributed by atoms with van der Waals surface area (Å²) in [5.74, 6) is 0.598. The number of para-hydroxylation sites is 1. The molecule has 0 saturated heterocycles. The molecule has 0 aromatic heterocycles. The number of aryl methyl sites for hydroxylation is 1. The largest absolute Gasteiger partial charge is 0.493 e. The van der Waals surface area contributed by atoms with Crippen LogP contribution in [0.5, 0.6) is 5.75 Å². The zero-order valence-electron chi connectivity index (χ0n) is 14.7. The zero-order chi connectivity index (χ0) is 17.9. The van der Waals surface area contributed by atoms with Crippen LogP contribution < -0.4 is 4.74 Å². The standard InChI is InChI=1S/C10H10O3.C10H14O/c1-7(11)8-3-5-9(6-4-8)10(12)13-2;1-3-8-11-10-7-5-4-6-9(10)2/h3-6H,1-2H3;4-7H,3,8H2,1-2H3. The van der Waals surface area contributed by atoms with Crippen LogP contribution in [0.1, 0.15) is 46.5 Å². The van der Waals surface area contributed by atoms with E-state index >= 15 is 0 Å². The maximum Gasteiger partial charge on any atom is 0.337 e. The van der Waals surface area contributed by atoms with E-state index in [1.165, 1.54) is 19.6 Å². The summed E-state index contributed by atoms with van der Waals surface area (Å²) in [5.41, 5.74) is 2.25. The summed E-state index contributed by atoms with van der Waals surface area (Å²) in [4.78, 5) is 21.9. The first-order valence-corrected chi connectivity index (χ1v) is 7.87. The molecule has 0 aliphatic carbocycles. The van der Waals surface area contributed by atoms with Crippen molar-refractivity contribution in [2.45, 2.75) is 27.2 Å². The van der Waals surface area contributed by atoms with Crippen LogP contribution in [0.25, 0.3) is 0 Å². The van der Waals surface area contributed by atoms with Crippen LogP contribution >= 0.6 is 0 Å². The van der Waals surface area contributed by atoms with Crippen molar-refractivity contribution >= 4 is 11.8 Å². The Labute approximate surface area is 143 Å². The smallest absolute Gasteiger partial charge is 0.337 e. The number of hydrogen-bond donors (Lipinski definition) is 0. The molecule has 2 aromatic rings. The Hall–Kier alpha value is -2.62. The predicted molar refractivity (Wildman–Crippen MR) is 94.8 cm³/mol. The minimum Gasteiger partial charge on any atom is -0.493 e. The van der Waals surface area contributed by atoms with Crippen molar-refractivity contribution < 1.29 is 19.1 Å². The lowest BCUT2D eigenvalue weighted by Gasteiger charge is -2.06. The molecule has 4 heteroatoms. The number of Topliss-reactive ketones (excluding diaryl/α,β-unsaturated/α-hetero) is 1. The van der Waals surface area contributed by atoms with E-state index in [1.807, 2.05) is 18.2 Å². The second kappa shape index (κ2) is 10.2. The second-order valence-corrected chi connectivity index (χ2v) is 5.24. The summed E-state index contributed by atoms with van der Waals surface area (Å²) in [7, 11) is 1.32. The number of rotatable bonds is 5. The van der Waals surface area contributed by atoms with Gasteiger partial charge in [-0.15, -0.1) is 0 Å². The molecule has 0 fully saturated rings. The molecule has 0 radical (unpaired) electrons. The molecule has 0 unspecified atom stereocenters. The van der Waals surface area contributed by atoms with E-state index in [0.717, 1.165) is 18.8 Å². The SMILES string of the molecule is CCCOc1ccccc1C.COC(=O)c1ccc(C(C)=O)cc1. The molecule has 2 aromatic carbocycles. The highest BCUT2D eigenvalue weighted by Crippen LogP contribution is 2.15. The van der Waals surface area contributed by atoms with Gasteiger partial charge in [0.2, 0.25) is 0 Å². The lowest BCUT2D eigenvalue weighted by Crippen LogP contribution is -2.01. The normalized spacial score (nSPS) is 9.50. The number of carbonyl (C=O) groups excluding carboxylic acids is 2. The first-order valence-electron chi connectivity index (χ1n) is 7.87. The van der Waals surface area contributed by atoms with Crippen molar-refractivity contribution in [3.05, 3.63) is 65.2 Å². The van der Waals surface area contributed by atoms with E-state index in [1.54, 1.807) is 24.3 Å². The monoisotopic (exact) mass is 328 g/mol. The average molecular weight is 328 g/mol. The molecule has 0 atom stereocenters. The molecule has 24 heavy (non-hydrogen) atoms. The summed E-state index contributed by atoms with van der Waals surface area (Å²) < 4.78 is 10.00. The first-order chi connectivity index (χ1) is 11.5. The third-order valence-corrected chi connectivity index (χ3v) is 3.27. The van der Waals surface area contributed by atoms with Crippen molar-refractivity contribution in [3.63, 3.8) is 0 Å². The highest BCUT2D eigenvalue weighted by Gasteiger charge is 2.05. The molecule has 0 saturated carbocycles. The number of ether oxygens (including phenoxy) is 2. The van der Waals surface area contributed by atoms with Gasteiger partial charge >= 0.3 is 5.97 Å². The number of methoxy groups -OCH3 is 1. The fourth-order valence-electron chi connectivity index (χ4n) is 1.89. The molecule has 0 bridgehead atoms. The Morgan fingerprint density at radius 1 is 0.958 bits per heavy atom. The van der Waals surface area contributed by atoms with Crippen molar-refractivity contribution in [1.29, 1.82) is 0 Å². The highest BCUT2D eigenvalue weighted by atomic mass is 16.5. The molecule has 0 spiro atoms. The van der Waals surface area contributed by atoms with Crippen molar-refractivity contribution in [2.75, 3.05) is 13.7 Å². The molecule has 0 N–H and O–H groups in total. The molecular formula is C20H24O4. The van der Waals surface area contributed by atoms with Crippen LogP contribution in [0.4, 0.5) is 0 Å². The van der Waals surface area contributed by atoms with Gasteiger partial charge in [-0.3, -0.25) is 4.79 Å². The van der Waals surface area contributed by atoms with Gasteiger partial charge in [0.15, 0.2) is 5.78 Å². The lowest BCUT2D eigenvalue weighted by molar-refractivity contribution is 0.0600. The number of ketones is 1. The number of esters is 1. The third-order valence-electron chi connectivity index (χ3n) is 3.27. The van der Waals surface area contributed by atoms with Crippen molar-refractivity contribution in [1.82, 2.24) is 0 Å². The fourth-order valence-corrected chi connectivity index (χ4v) is 1.89. The number of carbonyl (C=O) groups is 2. The Morgan fingerprint density at radius 2 is 1.54 bits per heavy atom. The minimum absolute atomic E-state index is 0.0172. The Morgan fingerprint density at radius 3 is 2.04 bits per heavy atom. The van der Waals surface area contributed by atoms with Gasteiger partial charge in [0.1, 0.15) is 5.75 Å². The molecule has 128 valence electrons. The van der Waals surface area contributed by atoms with Gasteiger partial charge in [0.25, 0.3) is 0 Å². The maximum absolute atomic E-state index is 11.0. The van der Waals surface area contributed by atoms with Crippen LogP contribution in [0.3, 0.4) is 0 Å². The first kappa shape index (κ1) is 19.4. The minimum atomic E-state index is -0.393. The van der Waals surface area contributed by atoms with Crippen molar-refractivity contribution in [3.8, 4) is 5.75 Å². The topological polar surface area (TPSA) is 52.6 Å². The van der Waals surface area contributed by atoms with Gasteiger partial charge in [-0.1, -0.05) is 37.3 Å². The summed E-state index contributed by atoms with van der Waals surface area (Å²) in [6.45, 7) is 6.46. The van der Waals surface area contributed by atoms with Gasteiger partial charge in [0.05, 0.1) is 19.3 Å². The van der Waals surface area contributed by atoms with Crippen molar-refractivity contribution in [2.24, 2.45) is 0 Å². The number of hydrogen-bond acceptors (Lipinski definition) is 4. The molecule has 0 heterocycles. The van der Waals surface area contributed by atoms with E-state index < -0.39 is 5.97 Å². The second-order valence-electron chi connectivity index (χ2n) is 5.24. The van der Waals surface area contributed by atoms with Gasteiger partial charge in [-0.2, -0.15) is 0 Å². The van der Waals surface area contributed by atoms with E-state index in [2.05, 4.69) is 24.7 Å². The fraction of sp³-hybridized carbons (Fsp3) is 0.300. The predicted octanol–water partition coefficient (Wildman–Crippen LogP) is 4.46. The highest BCUT2D eigenvalue weighted by molar-refractivity contribution is 5.96. The van der Waals surface area contributed by atoms with Gasteiger partial charge in [0, 0.05) is 5.56 Å². The number of benzene rings is 2. The van der Waals surface area contributed by atoms with E-state index in [9.17, 15) is 9.59 Å². The maximum atomic E-state index is 11.0. The van der Waals surface area contributed by atoms with E-state index in [0.29, 0.717) is 11.1 Å². The molecule has 2 rings (SSSR count). The van der Waals surface area contributed by atoms with Crippen LogP contribution in [0.2, 0.25) is 0 Å². The van der Waals surface area contributed by atoms with Gasteiger partial charge in [-0.25, -0.2) is 4.79 Å². The lowest BCUT2D eigenvalue weighted by atomic mass is 10.1. The molecule has 0 aliphatic rings. The Kier molecular flexibility index (Phi) is 8.26. The molecule has 4 nitrogen and oxygen atoms in total. The van der Waals surface area contributed by atoms with Gasteiger partial charge < -0.3 is 9.47 Å². The zero-order valence-corrected chi connectivity index (χ0v) is 14.7. The Balaban J connectivity index is 0.000000243. The molecule has 0 amide bonds. The van der Waals surface area contributed by atoms with E-state index in [-0.39, 0.29) is 5.78 Å². The van der Waals surface area contributed by atoms with Gasteiger partial charge in [-0.05, 0) is 44.0 Å². The summed E-state index contributed by atoms with van der Waals surface area (Å²) in [6.07, 6.45) is 1.06. The molecular weight excluding hydrogens is 304 g/mol. The van der Waals surface area contributed by atoms with Crippen LogP contribution in [0, 0.1) is 6.92 Å². The quantitative estimate of drug-likeness (QED) is 0.600. The average Bonchev–Trinajstić information content (AvgIpc) is 2.61. The van der Waals surface area contributed by atoms with Crippen LogP contribution in [-0.2, 0) is 4.74 Å². The summed E-state index contributed by atoms with van der Waals surface area (Å²) in [6, 6.07) is 14.4.